The Bertz CT molecular complexity index is 818. The minimum atomic E-state index is 0.515. The van der Waals surface area contributed by atoms with Crippen LogP contribution in [0.5, 0.6) is 0 Å². The molecule has 164 valence electrons. The zero-order valence-electron chi connectivity index (χ0n) is 18.2. The van der Waals surface area contributed by atoms with E-state index in [2.05, 4.69) is 36.8 Å². The normalized spacial score (nSPS) is 23.2. The Labute approximate surface area is 178 Å². The molecular weight excluding hydrogens is 380 g/mol. The molecule has 2 aromatic rings. The quantitative estimate of drug-likeness (QED) is 0.746. The van der Waals surface area contributed by atoms with E-state index in [1.54, 1.807) is 0 Å². The van der Waals surface area contributed by atoms with Gasteiger partial charge < -0.3 is 14.7 Å². The van der Waals surface area contributed by atoms with Crippen LogP contribution in [-0.4, -0.2) is 95.0 Å². The van der Waals surface area contributed by atoms with E-state index in [0.717, 1.165) is 37.8 Å². The van der Waals surface area contributed by atoms with Gasteiger partial charge in [-0.25, -0.2) is 14.6 Å². The molecule has 0 aliphatic carbocycles. The van der Waals surface area contributed by atoms with E-state index >= 15 is 0 Å². The standard InChI is InChI=1S/C21H34N8O/c1-2-26-13-15-27(16-14-26)17-7-11-29(12-8-17)21-20(28-9-5-3-4-6-10-28)22-18-19(23-21)25-30-24-18/h17H,2-16H2,1H3. The molecule has 3 fully saturated rings. The van der Waals surface area contributed by atoms with Crippen LogP contribution < -0.4 is 9.80 Å². The molecule has 0 N–H and O–H groups in total. The van der Waals surface area contributed by atoms with Crippen molar-refractivity contribution < 1.29 is 4.63 Å². The van der Waals surface area contributed by atoms with E-state index < -0.39 is 0 Å². The van der Waals surface area contributed by atoms with Gasteiger partial charge in [0.15, 0.2) is 11.6 Å². The van der Waals surface area contributed by atoms with Crippen LogP contribution in [-0.2, 0) is 0 Å². The Hall–Kier alpha value is -2.00. The molecule has 0 bridgehead atoms. The second-order valence-electron chi connectivity index (χ2n) is 8.87. The van der Waals surface area contributed by atoms with Crippen molar-refractivity contribution in [2.24, 2.45) is 0 Å². The summed E-state index contributed by atoms with van der Waals surface area (Å²) < 4.78 is 4.92. The second-order valence-corrected chi connectivity index (χ2v) is 8.87. The maximum atomic E-state index is 4.92. The number of likely N-dealkylation sites (N-methyl/N-ethyl adjacent to an activating group) is 1. The predicted octanol–water partition coefficient (Wildman–Crippen LogP) is 2.00. The molecule has 0 atom stereocenters. The third-order valence-electron chi connectivity index (χ3n) is 7.12. The molecule has 3 aliphatic heterocycles. The summed E-state index contributed by atoms with van der Waals surface area (Å²) in [7, 11) is 0. The van der Waals surface area contributed by atoms with Gasteiger partial charge in [-0.05, 0) is 42.5 Å². The second kappa shape index (κ2) is 9.01. The number of hydrogen-bond donors (Lipinski definition) is 0. The van der Waals surface area contributed by atoms with E-state index in [9.17, 15) is 0 Å². The van der Waals surface area contributed by atoms with E-state index in [-0.39, 0.29) is 0 Å². The summed E-state index contributed by atoms with van der Waals surface area (Å²) in [5.41, 5.74) is 1.03. The van der Waals surface area contributed by atoms with Crippen LogP contribution >= 0.6 is 0 Å². The highest BCUT2D eigenvalue weighted by molar-refractivity contribution is 5.74. The Kier molecular flexibility index (Phi) is 5.99. The van der Waals surface area contributed by atoms with Crippen molar-refractivity contribution >= 4 is 22.9 Å². The van der Waals surface area contributed by atoms with Crippen molar-refractivity contribution in [2.45, 2.75) is 51.5 Å². The first-order chi connectivity index (χ1) is 14.8. The highest BCUT2D eigenvalue weighted by atomic mass is 16.6. The van der Waals surface area contributed by atoms with Gasteiger partial charge in [0, 0.05) is 58.4 Å². The van der Waals surface area contributed by atoms with Gasteiger partial charge in [-0.2, -0.15) is 0 Å². The highest BCUT2D eigenvalue weighted by Crippen LogP contribution is 2.31. The van der Waals surface area contributed by atoms with Crippen molar-refractivity contribution in [2.75, 3.05) is 68.7 Å². The molecular formula is C21H34N8O. The van der Waals surface area contributed by atoms with Crippen LogP contribution in [0.1, 0.15) is 45.4 Å². The van der Waals surface area contributed by atoms with E-state index in [1.807, 2.05) is 0 Å². The molecule has 2 aromatic heterocycles. The average Bonchev–Trinajstić information content (AvgIpc) is 3.09. The summed E-state index contributed by atoms with van der Waals surface area (Å²) in [5, 5.41) is 7.92. The Morgan fingerprint density at radius 2 is 1.30 bits per heavy atom. The lowest BCUT2D eigenvalue weighted by atomic mass is 10.0. The molecule has 5 rings (SSSR count). The van der Waals surface area contributed by atoms with Crippen LogP contribution in [0.4, 0.5) is 11.6 Å². The number of fused-ring (bicyclic) bond motifs is 1. The first kappa shape index (κ1) is 19.9. The molecule has 0 unspecified atom stereocenters. The Morgan fingerprint density at radius 3 is 1.87 bits per heavy atom. The third kappa shape index (κ3) is 4.09. The SMILES string of the molecule is CCN1CCN(C2CCN(c3nc4nonc4nc3N3CCCCCC3)CC2)CC1. The number of anilines is 2. The van der Waals surface area contributed by atoms with Crippen LogP contribution in [0.3, 0.4) is 0 Å². The van der Waals surface area contributed by atoms with Crippen molar-refractivity contribution in [3.05, 3.63) is 0 Å². The summed E-state index contributed by atoms with van der Waals surface area (Å²) in [5.74, 6) is 1.93. The number of rotatable bonds is 4. The van der Waals surface area contributed by atoms with Gasteiger partial charge in [0.2, 0.25) is 11.3 Å². The Balaban J connectivity index is 1.31. The zero-order valence-corrected chi connectivity index (χ0v) is 18.2. The average molecular weight is 415 g/mol. The van der Waals surface area contributed by atoms with Gasteiger partial charge in [-0.3, -0.25) is 4.90 Å². The monoisotopic (exact) mass is 414 g/mol. The number of piperazine rings is 1. The maximum absolute atomic E-state index is 4.92. The fourth-order valence-corrected chi connectivity index (χ4v) is 5.22. The molecule has 9 nitrogen and oxygen atoms in total. The highest BCUT2D eigenvalue weighted by Gasteiger charge is 2.30. The van der Waals surface area contributed by atoms with Gasteiger partial charge in [0.25, 0.3) is 0 Å². The summed E-state index contributed by atoms with van der Waals surface area (Å²) in [6.45, 7) is 12.4. The van der Waals surface area contributed by atoms with Crippen molar-refractivity contribution in [3.63, 3.8) is 0 Å². The Morgan fingerprint density at radius 1 is 0.733 bits per heavy atom. The molecule has 0 aromatic carbocycles. The number of nitrogens with zero attached hydrogens (tertiary/aromatic N) is 8. The molecule has 30 heavy (non-hydrogen) atoms. The van der Waals surface area contributed by atoms with Crippen molar-refractivity contribution in [3.8, 4) is 0 Å². The van der Waals surface area contributed by atoms with Crippen molar-refractivity contribution in [1.82, 2.24) is 30.1 Å². The van der Waals surface area contributed by atoms with Crippen LogP contribution in [0.25, 0.3) is 11.3 Å². The molecule has 9 heteroatoms. The lowest BCUT2D eigenvalue weighted by Crippen LogP contribution is -2.53. The summed E-state index contributed by atoms with van der Waals surface area (Å²) in [6, 6.07) is 0.687. The van der Waals surface area contributed by atoms with Crippen LogP contribution in [0, 0.1) is 0 Å². The first-order valence-electron chi connectivity index (χ1n) is 11.8. The smallest absolute Gasteiger partial charge is 0.245 e. The molecule has 0 amide bonds. The fraction of sp³-hybridized carbons (Fsp3) is 0.810. The predicted molar refractivity (Wildman–Crippen MR) is 117 cm³/mol. The minimum Gasteiger partial charge on any atom is -0.353 e. The van der Waals surface area contributed by atoms with Gasteiger partial charge in [0.1, 0.15) is 0 Å². The van der Waals surface area contributed by atoms with Gasteiger partial charge in [0.05, 0.1) is 0 Å². The van der Waals surface area contributed by atoms with Gasteiger partial charge in [-0.15, -0.1) is 0 Å². The summed E-state index contributed by atoms with van der Waals surface area (Å²) >= 11 is 0. The van der Waals surface area contributed by atoms with E-state index in [4.69, 9.17) is 14.6 Å². The number of hydrogen-bond acceptors (Lipinski definition) is 9. The van der Waals surface area contributed by atoms with Gasteiger partial charge >= 0.3 is 0 Å². The number of aromatic nitrogens is 4. The minimum absolute atomic E-state index is 0.515. The van der Waals surface area contributed by atoms with Crippen LogP contribution in [0.15, 0.2) is 4.63 Å². The molecule has 0 saturated carbocycles. The number of piperidine rings is 1. The molecule has 0 spiro atoms. The fourth-order valence-electron chi connectivity index (χ4n) is 5.22. The maximum Gasteiger partial charge on any atom is 0.245 e. The van der Waals surface area contributed by atoms with Gasteiger partial charge in [-0.1, -0.05) is 19.8 Å². The molecule has 3 aliphatic rings. The largest absolute Gasteiger partial charge is 0.353 e. The lowest BCUT2D eigenvalue weighted by Gasteiger charge is -2.43. The van der Waals surface area contributed by atoms with Crippen LogP contribution in [0.2, 0.25) is 0 Å². The summed E-state index contributed by atoms with van der Waals surface area (Å²) in [4.78, 5) is 19.8. The summed E-state index contributed by atoms with van der Waals surface area (Å²) in [6.07, 6.45) is 7.38. The van der Waals surface area contributed by atoms with Crippen molar-refractivity contribution in [1.29, 1.82) is 0 Å². The molecule has 5 heterocycles. The third-order valence-corrected chi connectivity index (χ3v) is 7.12. The topological polar surface area (TPSA) is 77.7 Å². The molecule has 3 saturated heterocycles. The molecule has 0 radical (unpaired) electrons. The first-order valence-corrected chi connectivity index (χ1v) is 11.8. The zero-order chi connectivity index (χ0) is 20.3. The van der Waals surface area contributed by atoms with E-state index in [0.29, 0.717) is 17.3 Å². The lowest BCUT2D eigenvalue weighted by molar-refractivity contribution is 0.0878. The van der Waals surface area contributed by atoms with E-state index in [1.165, 1.54) is 71.2 Å².